The third-order valence-electron chi connectivity index (χ3n) is 4.50. The molecule has 4 atom stereocenters. The predicted octanol–water partition coefficient (Wildman–Crippen LogP) is -2.32. The van der Waals surface area contributed by atoms with Gasteiger partial charge in [-0.15, -0.1) is 0 Å². The molecule has 1 aromatic rings. The molecule has 0 saturated heterocycles. The van der Waals surface area contributed by atoms with Gasteiger partial charge in [0.05, 0.1) is 18.7 Å². The van der Waals surface area contributed by atoms with E-state index in [1.54, 1.807) is 0 Å². The maximum Gasteiger partial charge on any atom is 0.328 e. The minimum absolute atomic E-state index is 0.0224. The van der Waals surface area contributed by atoms with E-state index in [9.17, 15) is 34.2 Å². The van der Waals surface area contributed by atoms with Crippen molar-refractivity contribution in [3.63, 3.8) is 0 Å². The topological polar surface area (TPSA) is 228 Å². The van der Waals surface area contributed by atoms with Crippen molar-refractivity contribution in [2.75, 3.05) is 6.54 Å². The number of hydrogen-bond acceptors (Lipinski definition) is 8. The van der Waals surface area contributed by atoms with Crippen LogP contribution in [0.2, 0.25) is 0 Å². The Labute approximate surface area is 189 Å². The Bertz CT molecular complexity index is 858. The fourth-order valence-electron chi connectivity index (χ4n) is 2.67. The maximum absolute atomic E-state index is 12.7. The lowest BCUT2D eigenvalue weighted by Crippen LogP contribution is -2.56. The normalized spacial score (nSPS) is 14.3. The molecule has 0 fully saturated rings. The van der Waals surface area contributed by atoms with E-state index in [2.05, 4.69) is 16.0 Å². The molecule has 0 bridgehead atoms. The van der Waals surface area contributed by atoms with Gasteiger partial charge in [-0.3, -0.25) is 19.2 Å². The number of rotatable bonds is 13. The molecule has 3 amide bonds. The minimum Gasteiger partial charge on any atom is -0.508 e. The Morgan fingerprint density at radius 2 is 1.61 bits per heavy atom. The highest BCUT2D eigenvalue weighted by Crippen LogP contribution is 2.12. The average molecular weight is 468 g/mol. The van der Waals surface area contributed by atoms with E-state index in [0.29, 0.717) is 5.56 Å². The second-order valence-electron chi connectivity index (χ2n) is 7.31. The summed E-state index contributed by atoms with van der Waals surface area (Å²) < 4.78 is 0. The molecule has 1 rings (SSSR count). The Balaban J connectivity index is 2.83. The van der Waals surface area contributed by atoms with Gasteiger partial charge < -0.3 is 42.1 Å². The van der Waals surface area contributed by atoms with Crippen LogP contribution in [0, 0.1) is 0 Å². The summed E-state index contributed by atoms with van der Waals surface area (Å²) in [5, 5.41) is 43.5. The first-order chi connectivity index (χ1) is 15.4. The van der Waals surface area contributed by atoms with Crippen LogP contribution in [0.15, 0.2) is 24.3 Å². The van der Waals surface area contributed by atoms with Gasteiger partial charge in [0.1, 0.15) is 11.8 Å². The molecular formula is C20H28N4O9. The SMILES string of the molecule is CC(O)C(NC(=O)C(Cc1ccc(O)cc1)NC(=O)CNC(=O)C(N)CCC(=O)O)C(=O)O. The summed E-state index contributed by atoms with van der Waals surface area (Å²) in [5.74, 6) is -5.07. The fourth-order valence-corrected chi connectivity index (χ4v) is 2.67. The summed E-state index contributed by atoms with van der Waals surface area (Å²) >= 11 is 0. The second-order valence-corrected chi connectivity index (χ2v) is 7.31. The first kappa shape index (κ1) is 27.3. The van der Waals surface area contributed by atoms with Gasteiger partial charge in [0.25, 0.3) is 0 Å². The van der Waals surface area contributed by atoms with E-state index in [1.807, 2.05) is 0 Å². The molecule has 0 spiro atoms. The molecule has 1 aromatic carbocycles. The smallest absolute Gasteiger partial charge is 0.328 e. The van der Waals surface area contributed by atoms with E-state index in [0.717, 1.165) is 0 Å². The van der Waals surface area contributed by atoms with Crippen molar-refractivity contribution in [2.45, 2.75) is 50.4 Å². The molecule has 182 valence electrons. The van der Waals surface area contributed by atoms with Crippen molar-refractivity contribution in [1.82, 2.24) is 16.0 Å². The van der Waals surface area contributed by atoms with E-state index in [1.165, 1.54) is 31.2 Å². The number of aliphatic carboxylic acids is 2. The standard InChI is InChI=1S/C20H28N4O9/c1-10(25)17(20(32)33)24-19(31)14(8-11-2-4-12(26)5-3-11)23-15(27)9-22-18(30)13(21)6-7-16(28)29/h2-5,10,13-14,17,25-26H,6-9,21H2,1H3,(H,22,30)(H,23,27)(H,24,31)(H,28,29)(H,32,33). The van der Waals surface area contributed by atoms with Crippen molar-refractivity contribution >= 4 is 29.7 Å². The molecule has 0 aromatic heterocycles. The number of nitrogens with two attached hydrogens (primary N) is 1. The highest BCUT2D eigenvalue weighted by molar-refractivity contribution is 5.92. The number of benzene rings is 1. The predicted molar refractivity (Wildman–Crippen MR) is 113 cm³/mol. The highest BCUT2D eigenvalue weighted by Gasteiger charge is 2.29. The van der Waals surface area contributed by atoms with Crippen LogP contribution in [0.3, 0.4) is 0 Å². The summed E-state index contributed by atoms with van der Waals surface area (Å²) in [6, 6.07) is 1.67. The summed E-state index contributed by atoms with van der Waals surface area (Å²) in [4.78, 5) is 58.7. The summed E-state index contributed by atoms with van der Waals surface area (Å²) in [6.45, 7) is 0.605. The van der Waals surface area contributed by atoms with Crippen LogP contribution in [0.25, 0.3) is 0 Å². The number of amides is 3. The van der Waals surface area contributed by atoms with Crippen molar-refractivity contribution in [3.8, 4) is 5.75 Å². The van der Waals surface area contributed by atoms with Gasteiger partial charge >= 0.3 is 11.9 Å². The Morgan fingerprint density at radius 1 is 1.00 bits per heavy atom. The molecular weight excluding hydrogens is 440 g/mol. The lowest BCUT2D eigenvalue weighted by atomic mass is 10.0. The van der Waals surface area contributed by atoms with Crippen LogP contribution < -0.4 is 21.7 Å². The average Bonchev–Trinajstić information content (AvgIpc) is 2.74. The van der Waals surface area contributed by atoms with E-state index >= 15 is 0 Å². The molecule has 33 heavy (non-hydrogen) atoms. The molecule has 0 heterocycles. The number of nitrogens with one attached hydrogen (secondary N) is 3. The molecule has 13 heteroatoms. The lowest BCUT2D eigenvalue weighted by molar-refractivity contribution is -0.145. The third-order valence-corrected chi connectivity index (χ3v) is 4.50. The van der Waals surface area contributed by atoms with Gasteiger partial charge in [0.2, 0.25) is 17.7 Å². The van der Waals surface area contributed by atoms with Crippen LogP contribution in [0.1, 0.15) is 25.3 Å². The Kier molecular flexibility index (Phi) is 10.7. The van der Waals surface area contributed by atoms with E-state index < -0.39 is 60.4 Å². The Hall–Kier alpha value is -3.71. The minimum atomic E-state index is -1.62. The zero-order valence-corrected chi connectivity index (χ0v) is 17.9. The first-order valence-corrected chi connectivity index (χ1v) is 9.94. The number of phenolic OH excluding ortho intramolecular Hbond substituents is 1. The van der Waals surface area contributed by atoms with Crippen molar-refractivity contribution < 1.29 is 44.4 Å². The van der Waals surface area contributed by atoms with Crippen molar-refractivity contribution in [2.24, 2.45) is 5.73 Å². The lowest BCUT2D eigenvalue weighted by Gasteiger charge is -2.23. The summed E-state index contributed by atoms with van der Waals surface area (Å²) in [6.07, 6.45) is -1.97. The number of hydrogen-bond donors (Lipinski definition) is 8. The van der Waals surface area contributed by atoms with Crippen LogP contribution in [0.4, 0.5) is 0 Å². The van der Waals surface area contributed by atoms with Gasteiger partial charge in [-0.1, -0.05) is 12.1 Å². The fraction of sp³-hybridized carbons (Fsp3) is 0.450. The highest BCUT2D eigenvalue weighted by atomic mass is 16.4. The number of carboxylic acids is 2. The molecule has 0 aliphatic heterocycles. The van der Waals surface area contributed by atoms with Gasteiger partial charge in [-0.05, 0) is 31.0 Å². The van der Waals surface area contributed by atoms with Crippen LogP contribution >= 0.6 is 0 Å². The second kappa shape index (κ2) is 13.0. The number of aliphatic hydroxyl groups excluding tert-OH is 1. The summed E-state index contributed by atoms with van der Waals surface area (Å²) in [7, 11) is 0. The zero-order valence-electron chi connectivity index (χ0n) is 17.9. The monoisotopic (exact) mass is 468 g/mol. The number of phenols is 1. The molecule has 0 aliphatic rings. The van der Waals surface area contributed by atoms with E-state index in [4.69, 9.17) is 15.9 Å². The van der Waals surface area contributed by atoms with Crippen molar-refractivity contribution in [3.05, 3.63) is 29.8 Å². The largest absolute Gasteiger partial charge is 0.508 e. The molecule has 0 radical (unpaired) electrons. The molecule has 0 aliphatic carbocycles. The molecule has 0 saturated carbocycles. The van der Waals surface area contributed by atoms with Crippen LogP contribution in [-0.4, -0.2) is 80.9 Å². The van der Waals surface area contributed by atoms with Gasteiger partial charge in [0, 0.05) is 12.8 Å². The van der Waals surface area contributed by atoms with Crippen LogP contribution in [0.5, 0.6) is 5.75 Å². The third kappa shape index (κ3) is 9.97. The maximum atomic E-state index is 12.7. The van der Waals surface area contributed by atoms with E-state index in [-0.39, 0.29) is 25.0 Å². The van der Waals surface area contributed by atoms with Gasteiger partial charge in [0.15, 0.2) is 6.04 Å². The zero-order chi connectivity index (χ0) is 25.1. The quantitative estimate of drug-likeness (QED) is 0.154. The Morgan fingerprint density at radius 3 is 2.12 bits per heavy atom. The van der Waals surface area contributed by atoms with Crippen LogP contribution in [-0.2, 0) is 30.4 Å². The number of aromatic hydroxyl groups is 1. The summed E-state index contributed by atoms with van der Waals surface area (Å²) in [5.41, 5.74) is 6.08. The number of carbonyl (C=O) groups is 5. The van der Waals surface area contributed by atoms with Gasteiger partial charge in [-0.2, -0.15) is 0 Å². The first-order valence-electron chi connectivity index (χ1n) is 9.94. The van der Waals surface area contributed by atoms with Crippen molar-refractivity contribution in [1.29, 1.82) is 0 Å². The molecule has 9 N–H and O–H groups in total. The van der Waals surface area contributed by atoms with Gasteiger partial charge in [-0.25, -0.2) is 4.79 Å². The number of carboxylic acid groups (broad SMARTS) is 2. The molecule has 13 nitrogen and oxygen atoms in total. The number of aliphatic hydroxyl groups is 1. The number of carbonyl (C=O) groups excluding carboxylic acids is 3. The molecule has 4 unspecified atom stereocenters.